The number of ether oxygens (including phenoxy) is 1. The minimum absolute atomic E-state index is 0.0303. The lowest BCUT2D eigenvalue weighted by atomic mass is 10.2. The summed E-state index contributed by atoms with van der Waals surface area (Å²) in [5, 5.41) is 4.36. The Labute approximate surface area is 170 Å². The number of anilines is 1. The third kappa shape index (κ3) is 4.48. The van der Waals surface area contributed by atoms with Crippen LogP contribution in [0.1, 0.15) is 5.56 Å². The number of hydrogen-bond donors (Lipinski definition) is 0. The standard InChI is InChI=1S/C23H24N4O2/c1-29-22-9-5-8-21(16-22)25-12-14-26(15-13-25)23(28)11-10-19-17-24-27(18-19)20-6-3-2-4-7-20/h2-11,16-18H,12-15H2,1H3/b11-10+. The van der Waals surface area contributed by atoms with Crippen molar-refractivity contribution in [3.05, 3.63) is 78.6 Å². The van der Waals surface area contributed by atoms with Crippen molar-refractivity contribution in [3.63, 3.8) is 0 Å². The highest BCUT2D eigenvalue weighted by Gasteiger charge is 2.20. The Hall–Kier alpha value is -3.54. The summed E-state index contributed by atoms with van der Waals surface area (Å²) in [6, 6.07) is 17.9. The highest BCUT2D eigenvalue weighted by atomic mass is 16.5. The van der Waals surface area contributed by atoms with Gasteiger partial charge in [-0.1, -0.05) is 24.3 Å². The maximum absolute atomic E-state index is 12.6. The number of carbonyl (C=O) groups excluding carboxylic acids is 1. The zero-order chi connectivity index (χ0) is 20.1. The van der Waals surface area contributed by atoms with Gasteiger partial charge in [0, 0.05) is 55.8 Å². The van der Waals surface area contributed by atoms with Crippen LogP contribution in [0.25, 0.3) is 11.8 Å². The van der Waals surface area contributed by atoms with Crippen molar-refractivity contribution in [2.45, 2.75) is 0 Å². The monoisotopic (exact) mass is 388 g/mol. The van der Waals surface area contributed by atoms with Crippen LogP contribution in [-0.4, -0.2) is 53.9 Å². The first-order chi connectivity index (χ1) is 14.2. The molecule has 1 amide bonds. The molecule has 1 fully saturated rings. The van der Waals surface area contributed by atoms with Gasteiger partial charge in [0.1, 0.15) is 5.75 Å². The van der Waals surface area contributed by atoms with Crippen molar-refractivity contribution in [3.8, 4) is 11.4 Å². The van der Waals surface area contributed by atoms with Crippen LogP contribution in [0.15, 0.2) is 73.1 Å². The second-order valence-corrected chi connectivity index (χ2v) is 6.90. The minimum atomic E-state index is 0.0303. The largest absolute Gasteiger partial charge is 0.497 e. The molecule has 1 saturated heterocycles. The van der Waals surface area contributed by atoms with E-state index in [-0.39, 0.29) is 5.91 Å². The smallest absolute Gasteiger partial charge is 0.246 e. The molecule has 0 unspecified atom stereocenters. The number of benzene rings is 2. The number of nitrogens with zero attached hydrogens (tertiary/aromatic N) is 4. The summed E-state index contributed by atoms with van der Waals surface area (Å²) >= 11 is 0. The van der Waals surface area contributed by atoms with E-state index in [1.54, 1.807) is 24.1 Å². The molecular weight excluding hydrogens is 364 g/mol. The molecule has 0 aliphatic carbocycles. The van der Waals surface area contributed by atoms with Crippen LogP contribution in [0.2, 0.25) is 0 Å². The Morgan fingerprint density at radius 3 is 2.52 bits per heavy atom. The van der Waals surface area contributed by atoms with Crippen molar-refractivity contribution in [1.29, 1.82) is 0 Å². The molecule has 6 nitrogen and oxygen atoms in total. The van der Waals surface area contributed by atoms with E-state index in [0.717, 1.165) is 35.8 Å². The Kier molecular flexibility index (Phi) is 5.61. The van der Waals surface area contributed by atoms with Gasteiger partial charge in [-0.15, -0.1) is 0 Å². The predicted molar refractivity (Wildman–Crippen MR) is 114 cm³/mol. The van der Waals surface area contributed by atoms with Gasteiger partial charge in [-0.3, -0.25) is 4.79 Å². The Balaban J connectivity index is 1.33. The van der Waals surface area contributed by atoms with E-state index in [2.05, 4.69) is 16.1 Å². The second-order valence-electron chi connectivity index (χ2n) is 6.90. The number of carbonyl (C=O) groups is 1. The first-order valence-electron chi connectivity index (χ1n) is 9.69. The third-order valence-corrected chi connectivity index (χ3v) is 5.05. The van der Waals surface area contributed by atoms with Crippen LogP contribution in [0.4, 0.5) is 5.69 Å². The molecule has 4 rings (SSSR count). The summed E-state index contributed by atoms with van der Waals surface area (Å²) in [6.45, 7) is 3.00. The van der Waals surface area contributed by atoms with Gasteiger partial charge in [0.25, 0.3) is 0 Å². The highest BCUT2D eigenvalue weighted by molar-refractivity contribution is 5.91. The second kappa shape index (κ2) is 8.65. The highest BCUT2D eigenvalue weighted by Crippen LogP contribution is 2.22. The molecule has 1 aliphatic rings. The fourth-order valence-corrected chi connectivity index (χ4v) is 3.41. The van der Waals surface area contributed by atoms with Crippen LogP contribution in [-0.2, 0) is 4.79 Å². The van der Waals surface area contributed by atoms with Crippen molar-refractivity contribution in [2.24, 2.45) is 0 Å². The van der Waals surface area contributed by atoms with Crippen LogP contribution < -0.4 is 9.64 Å². The summed E-state index contributed by atoms with van der Waals surface area (Å²) in [4.78, 5) is 16.7. The predicted octanol–water partition coefficient (Wildman–Crippen LogP) is 3.24. The molecule has 1 aromatic heterocycles. The number of amides is 1. The normalized spacial score (nSPS) is 14.4. The topological polar surface area (TPSA) is 50.6 Å². The Morgan fingerprint density at radius 1 is 1.00 bits per heavy atom. The molecule has 148 valence electrons. The zero-order valence-corrected chi connectivity index (χ0v) is 16.4. The van der Waals surface area contributed by atoms with E-state index in [9.17, 15) is 4.79 Å². The van der Waals surface area contributed by atoms with Gasteiger partial charge < -0.3 is 14.5 Å². The maximum Gasteiger partial charge on any atom is 0.246 e. The van der Waals surface area contributed by atoms with Crippen molar-refractivity contribution in [2.75, 3.05) is 38.2 Å². The van der Waals surface area contributed by atoms with E-state index in [1.165, 1.54) is 0 Å². The van der Waals surface area contributed by atoms with Crippen molar-refractivity contribution < 1.29 is 9.53 Å². The molecular formula is C23H24N4O2. The van der Waals surface area contributed by atoms with Crippen molar-refractivity contribution in [1.82, 2.24) is 14.7 Å². The number of aromatic nitrogens is 2. The van der Waals surface area contributed by atoms with E-state index < -0.39 is 0 Å². The first-order valence-corrected chi connectivity index (χ1v) is 9.69. The lowest BCUT2D eigenvalue weighted by molar-refractivity contribution is -0.126. The summed E-state index contributed by atoms with van der Waals surface area (Å²) in [5.74, 6) is 0.878. The molecule has 0 bridgehead atoms. The van der Waals surface area contributed by atoms with Crippen LogP contribution >= 0.6 is 0 Å². The summed E-state index contributed by atoms with van der Waals surface area (Å²) in [7, 11) is 1.67. The van der Waals surface area contributed by atoms with Crippen molar-refractivity contribution >= 4 is 17.7 Å². The first kappa shape index (κ1) is 18.8. The fourth-order valence-electron chi connectivity index (χ4n) is 3.41. The molecule has 6 heteroatoms. The molecule has 3 aromatic rings. The lowest BCUT2D eigenvalue weighted by Crippen LogP contribution is -2.48. The fraction of sp³-hybridized carbons (Fsp3) is 0.217. The lowest BCUT2D eigenvalue weighted by Gasteiger charge is -2.35. The Morgan fingerprint density at radius 2 is 1.76 bits per heavy atom. The number of hydrogen-bond acceptors (Lipinski definition) is 4. The van der Waals surface area contributed by atoms with E-state index >= 15 is 0 Å². The molecule has 1 aliphatic heterocycles. The summed E-state index contributed by atoms with van der Waals surface area (Å²) < 4.78 is 7.10. The Bertz CT molecular complexity index is 989. The average Bonchev–Trinajstić information content (AvgIpc) is 3.27. The SMILES string of the molecule is COc1cccc(N2CCN(C(=O)/C=C/c3cnn(-c4ccccc4)c3)CC2)c1. The molecule has 2 heterocycles. The number of para-hydroxylation sites is 1. The molecule has 0 spiro atoms. The molecule has 0 atom stereocenters. The van der Waals surface area contributed by atoms with Gasteiger partial charge in [0.05, 0.1) is 19.0 Å². The van der Waals surface area contributed by atoms with Gasteiger partial charge in [0.2, 0.25) is 5.91 Å². The molecule has 0 N–H and O–H groups in total. The molecule has 0 saturated carbocycles. The third-order valence-electron chi connectivity index (χ3n) is 5.05. The van der Waals surface area contributed by atoms with Crippen LogP contribution in [0.3, 0.4) is 0 Å². The summed E-state index contributed by atoms with van der Waals surface area (Å²) in [6.07, 6.45) is 7.13. The minimum Gasteiger partial charge on any atom is -0.497 e. The van der Waals surface area contributed by atoms with Gasteiger partial charge in [0.15, 0.2) is 0 Å². The van der Waals surface area contributed by atoms with Gasteiger partial charge in [-0.25, -0.2) is 4.68 Å². The van der Waals surface area contributed by atoms with Gasteiger partial charge in [-0.05, 0) is 30.3 Å². The van der Waals surface area contributed by atoms with Crippen LogP contribution in [0, 0.1) is 0 Å². The number of piperazine rings is 1. The average molecular weight is 388 g/mol. The van der Waals surface area contributed by atoms with E-state index in [4.69, 9.17) is 4.74 Å². The number of methoxy groups -OCH3 is 1. The van der Waals surface area contributed by atoms with Gasteiger partial charge in [-0.2, -0.15) is 5.10 Å². The van der Waals surface area contributed by atoms with Crippen LogP contribution in [0.5, 0.6) is 5.75 Å². The van der Waals surface area contributed by atoms with E-state index in [0.29, 0.717) is 13.1 Å². The zero-order valence-electron chi connectivity index (χ0n) is 16.4. The number of rotatable bonds is 5. The molecule has 29 heavy (non-hydrogen) atoms. The maximum atomic E-state index is 12.6. The van der Waals surface area contributed by atoms with E-state index in [1.807, 2.05) is 65.7 Å². The molecule has 0 radical (unpaired) electrons. The van der Waals surface area contributed by atoms with Gasteiger partial charge >= 0.3 is 0 Å². The molecule has 2 aromatic carbocycles. The quantitative estimate of drug-likeness (QED) is 0.630. The summed E-state index contributed by atoms with van der Waals surface area (Å²) in [5.41, 5.74) is 3.02.